The summed E-state index contributed by atoms with van der Waals surface area (Å²) in [5.74, 6) is 0.715. The van der Waals surface area contributed by atoms with Gasteiger partial charge in [-0.05, 0) is 12.5 Å². The van der Waals surface area contributed by atoms with Crippen LogP contribution < -0.4 is 0 Å². The van der Waals surface area contributed by atoms with E-state index in [-0.39, 0.29) is 0 Å². The fraction of sp³-hybridized carbons (Fsp3) is 0.222. The number of aromatic nitrogens is 3. The first-order chi connectivity index (χ1) is 6.40. The second-order valence-electron chi connectivity index (χ2n) is 2.56. The van der Waals surface area contributed by atoms with Crippen molar-refractivity contribution in [3.05, 3.63) is 29.5 Å². The van der Waals surface area contributed by atoms with E-state index in [9.17, 15) is 0 Å². The highest BCUT2D eigenvalue weighted by atomic mass is 32.1. The van der Waals surface area contributed by atoms with Crippen molar-refractivity contribution in [2.45, 2.75) is 13.3 Å². The van der Waals surface area contributed by atoms with Crippen LogP contribution in [0.2, 0.25) is 0 Å². The molecule has 0 aliphatic rings. The molecule has 13 heavy (non-hydrogen) atoms. The summed E-state index contributed by atoms with van der Waals surface area (Å²) in [6.07, 6.45) is 6.37. The van der Waals surface area contributed by atoms with Crippen molar-refractivity contribution in [3.8, 4) is 10.8 Å². The number of nitrogens with zero attached hydrogens (tertiary/aromatic N) is 3. The Balaban J connectivity index is 2.36. The minimum Gasteiger partial charge on any atom is -0.241 e. The van der Waals surface area contributed by atoms with Gasteiger partial charge in [-0.3, -0.25) is 0 Å². The molecule has 2 rings (SSSR count). The lowest BCUT2D eigenvalue weighted by atomic mass is 10.4. The van der Waals surface area contributed by atoms with Crippen molar-refractivity contribution in [2.75, 3.05) is 0 Å². The van der Waals surface area contributed by atoms with Crippen LogP contribution >= 0.6 is 11.3 Å². The van der Waals surface area contributed by atoms with Crippen LogP contribution in [0.5, 0.6) is 0 Å². The van der Waals surface area contributed by atoms with E-state index in [2.05, 4.69) is 21.9 Å². The van der Waals surface area contributed by atoms with E-state index in [4.69, 9.17) is 0 Å². The van der Waals surface area contributed by atoms with Gasteiger partial charge in [0.1, 0.15) is 0 Å². The summed E-state index contributed by atoms with van der Waals surface area (Å²) in [7, 11) is 0. The molecule has 0 aromatic carbocycles. The first-order valence-electron chi connectivity index (χ1n) is 4.12. The maximum Gasteiger partial charge on any atom is 0.188 e. The third-order valence-corrected chi connectivity index (χ3v) is 2.80. The smallest absolute Gasteiger partial charge is 0.188 e. The molecule has 0 aliphatic carbocycles. The molecule has 0 amide bonds. The molecule has 0 saturated heterocycles. The van der Waals surface area contributed by atoms with Crippen molar-refractivity contribution in [1.82, 2.24) is 15.0 Å². The predicted molar refractivity (Wildman–Crippen MR) is 52.5 cm³/mol. The monoisotopic (exact) mass is 191 g/mol. The molecule has 2 aromatic heterocycles. The third-order valence-electron chi connectivity index (χ3n) is 1.66. The first kappa shape index (κ1) is 8.31. The lowest BCUT2D eigenvalue weighted by molar-refractivity contribution is 1.15. The molecule has 0 saturated carbocycles. The Morgan fingerprint density at radius 1 is 1.23 bits per heavy atom. The van der Waals surface area contributed by atoms with Gasteiger partial charge in [-0.15, -0.1) is 11.3 Å². The largest absolute Gasteiger partial charge is 0.241 e. The zero-order valence-electron chi connectivity index (χ0n) is 7.27. The van der Waals surface area contributed by atoms with E-state index in [1.807, 2.05) is 6.20 Å². The summed E-state index contributed by atoms with van der Waals surface area (Å²) in [4.78, 5) is 13.8. The topological polar surface area (TPSA) is 38.7 Å². The van der Waals surface area contributed by atoms with Gasteiger partial charge in [0.15, 0.2) is 10.8 Å². The van der Waals surface area contributed by atoms with Crippen LogP contribution in [0.3, 0.4) is 0 Å². The first-order valence-corrected chi connectivity index (χ1v) is 4.94. The summed E-state index contributed by atoms with van der Waals surface area (Å²) < 4.78 is 0. The van der Waals surface area contributed by atoms with Gasteiger partial charge in [0.05, 0.1) is 0 Å². The number of hydrogen-bond acceptors (Lipinski definition) is 4. The van der Waals surface area contributed by atoms with E-state index >= 15 is 0 Å². The Kier molecular flexibility index (Phi) is 2.31. The van der Waals surface area contributed by atoms with Gasteiger partial charge in [0, 0.05) is 23.5 Å². The van der Waals surface area contributed by atoms with Crippen LogP contribution in [0.15, 0.2) is 24.7 Å². The highest BCUT2D eigenvalue weighted by Gasteiger charge is 2.04. The zero-order chi connectivity index (χ0) is 9.10. The Labute approximate surface area is 80.5 Å². The molecule has 2 heterocycles. The average molecular weight is 191 g/mol. The second kappa shape index (κ2) is 3.62. The summed E-state index contributed by atoms with van der Waals surface area (Å²) in [5, 5.41) is 0.900. The maximum atomic E-state index is 4.25. The molecule has 4 heteroatoms. The van der Waals surface area contributed by atoms with E-state index in [1.54, 1.807) is 29.8 Å². The SMILES string of the molecule is CCc1cnc(-c2ncccn2)s1. The number of rotatable bonds is 2. The lowest BCUT2D eigenvalue weighted by Gasteiger charge is -1.90. The molecule has 0 unspecified atom stereocenters. The van der Waals surface area contributed by atoms with Gasteiger partial charge in [-0.25, -0.2) is 15.0 Å². The van der Waals surface area contributed by atoms with Gasteiger partial charge < -0.3 is 0 Å². The van der Waals surface area contributed by atoms with Crippen molar-refractivity contribution in [2.24, 2.45) is 0 Å². The molecule has 0 aliphatic heterocycles. The van der Waals surface area contributed by atoms with Gasteiger partial charge in [-0.1, -0.05) is 6.92 Å². The molecule has 66 valence electrons. The van der Waals surface area contributed by atoms with Crippen LogP contribution in [0.25, 0.3) is 10.8 Å². The highest BCUT2D eigenvalue weighted by Crippen LogP contribution is 2.21. The molecule has 2 aromatic rings. The van der Waals surface area contributed by atoms with Crippen LogP contribution in [0.1, 0.15) is 11.8 Å². The highest BCUT2D eigenvalue weighted by molar-refractivity contribution is 7.14. The summed E-state index contributed by atoms with van der Waals surface area (Å²) >= 11 is 1.65. The van der Waals surface area contributed by atoms with Crippen molar-refractivity contribution in [3.63, 3.8) is 0 Å². The van der Waals surface area contributed by atoms with Crippen molar-refractivity contribution >= 4 is 11.3 Å². The van der Waals surface area contributed by atoms with Crippen LogP contribution in [-0.2, 0) is 6.42 Å². The number of hydrogen-bond donors (Lipinski definition) is 0. The van der Waals surface area contributed by atoms with Gasteiger partial charge in [-0.2, -0.15) is 0 Å². The van der Waals surface area contributed by atoms with Crippen LogP contribution in [0, 0.1) is 0 Å². The Morgan fingerprint density at radius 2 is 2.00 bits per heavy atom. The Morgan fingerprint density at radius 3 is 2.62 bits per heavy atom. The molecular weight excluding hydrogens is 182 g/mol. The number of thiazole rings is 1. The van der Waals surface area contributed by atoms with Crippen molar-refractivity contribution in [1.29, 1.82) is 0 Å². The van der Waals surface area contributed by atoms with Crippen LogP contribution in [0.4, 0.5) is 0 Å². The lowest BCUT2D eigenvalue weighted by Crippen LogP contribution is -1.84. The summed E-state index contributed by atoms with van der Waals surface area (Å²) in [5.41, 5.74) is 0. The second-order valence-corrected chi connectivity index (χ2v) is 3.67. The third kappa shape index (κ3) is 1.72. The van der Waals surface area contributed by atoms with Crippen molar-refractivity contribution < 1.29 is 0 Å². The van der Waals surface area contributed by atoms with Gasteiger partial charge >= 0.3 is 0 Å². The fourth-order valence-electron chi connectivity index (χ4n) is 0.984. The molecule has 0 atom stereocenters. The maximum absolute atomic E-state index is 4.25. The molecule has 0 fully saturated rings. The van der Waals surface area contributed by atoms with E-state index < -0.39 is 0 Å². The number of aryl methyl sites for hydroxylation is 1. The molecule has 0 N–H and O–H groups in total. The molecule has 0 bridgehead atoms. The minimum absolute atomic E-state index is 0.715. The van der Waals surface area contributed by atoms with E-state index in [0.717, 1.165) is 11.4 Å². The zero-order valence-corrected chi connectivity index (χ0v) is 8.08. The standard InChI is InChI=1S/C9H9N3S/c1-2-7-6-12-9(13-7)8-10-4-3-5-11-8/h3-6H,2H2,1H3. The normalized spacial score (nSPS) is 10.2. The fourth-order valence-corrected chi connectivity index (χ4v) is 1.78. The summed E-state index contributed by atoms with van der Waals surface area (Å²) in [6.45, 7) is 2.11. The Bertz CT molecular complexity index is 383. The minimum atomic E-state index is 0.715. The Hall–Kier alpha value is -1.29. The van der Waals surface area contributed by atoms with Gasteiger partial charge in [0.2, 0.25) is 0 Å². The molecule has 0 spiro atoms. The predicted octanol–water partition coefficient (Wildman–Crippen LogP) is 2.16. The van der Waals surface area contributed by atoms with Crippen LogP contribution in [-0.4, -0.2) is 15.0 Å². The van der Waals surface area contributed by atoms with E-state index in [0.29, 0.717) is 5.82 Å². The summed E-state index contributed by atoms with van der Waals surface area (Å²) in [6, 6.07) is 1.80. The molecule has 0 radical (unpaired) electrons. The molecular formula is C9H9N3S. The molecule has 3 nitrogen and oxygen atoms in total. The van der Waals surface area contributed by atoms with Gasteiger partial charge in [0.25, 0.3) is 0 Å². The average Bonchev–Trinajstić information content (AvgIpc) is 2.67. The van der Waals surface area contributed by atoms with E-state index in [1.165, 1.54) is 4.88 Å². The quantitative estimate of drug-likeness (QED) is 0.730.